The lowest BCUT2D eigenvalue weighted by Crippen LogP contribution is -2.59. The van der Waals surface area contributed by atoms with Crippen LogP contribution in [0.15, 0.2) is 53.7 Å². The van der Waals surface area contributed by atoms with Crippen molar-refractivity contribution in [2.45, 2.75) is 31.1 Å². The molecule has 1 aliphatic rings. The SMILES string of the molecule is CC1(C)C(=O)Nc2ccccc2N1C(=O)CSc1nnc(COc2ccc(F)cc2)n1N. The zero-order chi connectivity index (χ0) is 22.9. The lowest BCUT2D eigenvalue weighted by Gasteiger charge is -2.42. The fourth-order valence-corrected chi connectivity index (χ4v) is 4.00. The van der Waals surface area contributed by atoms with E-state index in [0.29, 0.717) is 28.1 Å². The quantitative estimate of drug-likeness (QED) is 0.433. The number of amides is 2. The molecule has 11 heteroatoms. The van der Waals surface area contributed by atoms with Gasteiger partial charge in [0.25, 0.3) is 0 Å². The molecular weight excluding hydrogens is 435 g/mol. The topological polar surface area (TPSA) is 115 Å². The van der Waals surface area contributed by atoms with Gasteiger partial charge in [0, 0.05) is 0 Å². The summed E-state index contributed by atoms with van der Waals surface area (Å²) >= 11 is 1.11. The number of halogens is 1. The van der Waals surface area contributed by atoms with Crippen LogP contribution in [-0.4, -0.2) is 38.0 Å². The van der Waals surface area contributed by atoms with Gasteiger partial charge in [-0.2, -0.15) is 0 Å². The molecule has 0 atom stereocenters. The van der Waals surface area contributed by atoms with E-state index >= 15 is 0 Å². The maximum absolute atomic E-state index is 13.1. The Hall–Kier alpha value is -3.60. The van der Waals surface area contributed by atoms with Crippen LogP contribution in [0, 0.1) is 5.82 Å². The van der Waals surface area contributed by atoms with Gasteiger partial charge < -0.3 is 15.9 Å². The molecule has 2 heterocycles. The number of nitrogens with zero attached hydrogens (tertiary/aromatic N) is 4. The summed E-state index contributed by atoms with van der Waals surface area (Å²) in [6.07, 6.45) is 0. The van der Waals surface area contributed by atoms with Gasteiger partial charge in [0.2, 0.25) is 17.0 Å². The first-order chi connectivity index (χ1) is 15.3. The number of nitrogens with one attached hydrogen (secondary N) is 1. The normalized spacial score (nSPS) is 14.6. The number of carbonyl (C=O) groups is 2. The van der Waals surface area contributed by atoms with E-state index in [1.54, 1.807) is 32.0 Å². The van der Waals surface area contributed by atoms with Crippen LogP contribution in [0.25, 0.3) is 0 Å². The van der Waals surface area contributed by atoms with E-state index in [0.717, 1.165) is 11.8 Å². The molecule has 0 bridgehead atoms. The summed E-state index contributed by atoms with van der Waals surface area (Å²) in [5, 5.41) is 11.2. The first-order valence-corrected chi connectivity index (χ1v) is 10.7. The van der Waals surface area contributed by atoms with Crippen molar-refractivity contribution in [1.82, 2.24) is 14.9 Å². The predicted octanol–water partition coefficient (Wildman–Crippen LogP) is 2.57. The molecule has 4 rings (SSSR count). The number of hydrogen-bond acceptors (Lipinski definition) is 7. The van der Waals surface area contributed by atoms with E-state index in [-0.39, 0.29) is 30.0 Å². The highest BCUT2D eigenvalue weighted by Gasteiger charge is 2.43. The molecule has 3 N–H and O–H groups in total. The number of anilines is 2. The third-order valence-electron chi connectivity index (χ3n) is 5.00. The molecule has 0 saturated heterocycles. The van der Waals surface area contributed by atoms with Crippen molar-refractivity contribution in [3.8, 4) is 5.75 Å². The predicted molar refractivity (Wildman–Crippen MR) is 118 cm³/mol. The van der Waals surface area contributed by atoms with Gasteiger partial charge >= 0.3 is 0 Å². The Morgan fingerprint density at radius 2 is 1.91 bits per heavy atom. The first kappa shape index (κ1) is 21.6. The van der Waals surface area contributed by atoms with E-state index in [9.17, 15) is 14.0 Å². The van der Waals surface area contributed by atoms with Crippen molar-refractivity contribution >= 4 is 35.0 Å². The summed E-state index contributed by atoms with van der Waals surface area (Å²) in [4.78, 5) is 27.2. The third-order valence-corrected chi connectivity index (χ3v) is 5.93. The second kappa shape index (κ2) is 8.50. The number of benzene rings is 2. The highest BCUT2D eigenvalue weighted by molar-refractivity contribution is 7.99. The number of fused-ring (bicyclic) bond motifs is 1. The Morgan fingerprint density at radius 1 is 1.19 bits per heavy atom. The lowest BCUT2D eigenvalue weighted by atomic mass is 9.96. The molecule has 166 valence electrons. The Bertz CT molecular complexity index is 1160. The van der Waals surface area contributed by atoms with Crippen LogP contribution < -0.4 is 20.8 Å². The highest BCUT2D eigenvalue weighted by Crippen LogP contribution is 2.37. The summed E-state index contributed by atoms with van der Waals surface area (Å²) in [7, 11) is 0. The van der Waals surface area contributed by atoms with E-state index in [1.807, 2.05) is 6.07 Å². The number of hydrogen-bond donors (Lipinski definition) is 2. The summed E-state index contributed by atoms with van der Waals surface area (Å²) < 4.78 is 19.8. The largest absolute Gasteiger partial charge is 0.486 e. The molecule has 2 aromatic carbocycles. The van der Waals surface area contributed by atoms with Gasteiger partial charge in [0.1, 0.15) is 23.7 Å². The number of carbonyl (C=O) groups excluding carboxylic acids is 2. The molecule has 0 radical (unpaired) electrons. The Kier molecular flexibility index (Phi) is 5.74. The van der Waals surface area contributed by atoms with Crippen LogP contribution in [0.1, 0.15) is 19.7 Å². The molecule has 9 nitrogen and oxygen atoms in total. The van der Waals surface area contributed by atoms with Crippen molar-refractivity contribution in [2.24, 2.45) is 0 Å². The number of rotatable bonds is 6. The zero-order valence-corrected chi connectivity index (χ0v) is 18.2. The van der Waals surface area contributed by atoms with Crippen LogP contribution in [0.4, 0.5) is 15.8 Å². The summed E-state index contributed by atoms with van der Waals surface area (Å²) in [5.74, 6) is 5.95. The number of nitrogens with two attached hydrogens (primary N) is 1. The van der Waals surface area contributed by atoms with Gasteiger partial charge in [-0.25, -0.2) is 9.07 Å². The Labute approximate surface area is 187 Å². The Morgan fingerprint density at radius 3 is 2.66 bits per heavy atom. The van der Waals surface area contributed by atoms with Crippen molar-refractivity contribution in [2.75, 3.05) is 21.8 Å². The fourth-order valence-electron chi connectivity index (χ4n) is 3.27. The van der Waals surface area contributed by atoms with Gasteiger partial charge in [-0.05, 0) is 50.2 Å². The van der Waals surface area contributed by atoms with Gasteiger partial charge in [-0.3, -0.25) is 14.5 Å². The minimum atomic E-state index is -1.06. The van der Waals surface area contributed by atoms with Crippen LogP contribution >= 0.6 is 11.8 Å². The molecule has 0 fully saturated rings. The molecule has 0 unspecified atom stereocenters. The number of para-hydroxylation sites is 2. The first-order valence-electron chi connectivity index (χ1n) is 9.71. The minimum absolute atomic E-state index is 0.000797. The molecular formula is C21H21FN6O3S. The van der Waals surface area contributed by atoms with Crippen molar-refractivity contribution in [3.63, 3.8) is 0 Å². The molecule has 3 aromatic rings. The molecule has 1 aromatic heterocycles. The van der Waals surface area contributed by atoms with Crippen molar-refractivity contribution in [3.05, 3.63) is 60.2 Å². The number of thioether (sulfide) groups is 1. The molecule has 0 aliphatic carbocycles. The van der Waals surface area contributed by atoms with E-state index in [2.05, 4.69) is 15.5 Å². The monoisotopic (exact) mass is 456 g/mol. The van der Waals surface area contributed by atoms with Crippen LogP contribution in [0.5, 0.6) is 5.75 Å². The lowest BCUT2D eigenvalue weighted by molar-refractivity contribution is -0.125. The Balaban J connectivity index is 1.44. The summed E-state index contributed by atoms with van der Waals surface area (Å²) in [6, 6.07) is 12.7. The summed E-state index contributed by atoms with van der Waals surface area (Å²) in [6.45, 7) is 3.41. The average molecular weight is 457 g/mol. The van der Waals surface area contributed by atoms with Crippen molar-refractivity contribution in [1.29, 1.82) is 0 Å². The van der Waals surface area contributed by atoms with Crippen molar-refractivity contribution < 1.29 is 18.7 Å². The number of nitrogen functional groups attached to an aromatic ring is 1. The number of ether oxygens (including phenoxy) is 1. The maximum Gasteiger partial charge on any atom is 0.250 e. The smallest absolute Gasteiger partial charge is 0.250 e. The van der Waals surface area contributed by atoms with E-state index < -0.39 is 5.54 Å². The zero-order valence-electron chi connectivity index (χ0n) is 17.4. The third kappa shape index (κ3) is 4.11. The number of aromatic nitrogens is 3. The molecule has 2 amide bonds. The molecule has 1 aliphatic heterocycles. The molecule has 32 heavy (non-hydrogen) atoms. The molecule has 0 saturated carbocycles. The minimum Gasteiger partial charge on any atom is -0.486 e. The van der Waals surface area contributed by atoms with Gasteiger partial charge in [-0.15, -0.1) is 10.2 Å². The second-order valence-corrected chi connectivity index (χ2v) is 8.50. The maximum atomic E-state index is 13.1. The summed E-state index contributed by atoms with van der Waals surface area (Å²) in [5.41, 5.74) is 0.152. The standard InChI is InChI=1S/C21H21FN6O3S/c1-21(2)19(30)24-15-5-3-4-6-16(15)27(21)18(29)12-32-20-26-25-17(28(20)23)11-31-14-9-7-13(22)8-10-14/h3-10H,11-12,23H2,1-2H3,(H,24,30). The fraction of sp³-hybridized carbons (Fsp3) is 0.238. The van der Waals surface area contributed by atoms with Gasteiger partial charge in [0.15, 0.2) is 5.82 Å². The van der Waals surface area contributed by atoms with Crippen LogP contribution in [-0.2, 0) is 16.2 Å². The highest BCUT2D eigenvalue weighted by atomic mass is 32.2. The average Bonchev–Trinajstić information content (AvgIpc) is 3.12. The second-order valence-electron chi connectivity index (χ2n) is 7.56. The van der Waals surface area contributed by atoms with Crippen LogP contribution in [0.3, 0.4) is 0 Å². The van der Waals surface area contributed by atoms with Gasteiger partial charge in [0.05, 0.1) is 17.1 Å². The van der Waals surface area contributed by atoms with Gasteiger partial charge in [-0.1, -0.05) is 23.9 Å². The molecule has 0 spiro atoms. The van der Waals surface area contributed by atoms with E-state index in [1.165, 1.54) is 33.8 Å². The van der Waals surface area contributed by atoms with Crippen LogP contribution in [0.2, 0.25) is 0 Å². The van der Waals surface area contributed by atoms with E-state index in [4.69, 9.17) is 10.6 Å².